The quantitative estimate of drug-likeness (QED) is 0.875. The molecule has 21 heavy (non-hydrogen) atoms. The number of nitrogens with one attached hydrogen (secondary N) is 1. The molecule has 2 fully saturated rings. The van der Waals surface area contributed by atoms with Crippen molar-refractivity contribution in [1.82, 2.24) is 5.32 Å². The molecule has 0 spiro atoms. The molecule has 116 valence electrons. The zero-order valence-corrected chi connectivity index (χ0v) is 12.7. The SMILES string of the molecule is OC1CCC(NC(CC2CCOC2)c2ccccc2)CC1. The van der Waals surface area contributed by atoms with E-state index in [0.717, 1.165) is 45.3 Å². The topological polar surface area (TPSA) is 41.5 Å². The molecule has 1 heterocycles. The minimum Gasteiger partial charge on any atom is -0.393 e. The summed E-state index contributed by atoms with van der Waals surface area (Å²) in [4.78, 5) is 0. The molecule has 1 saturated heterocycles. The summed E-state index contributed by atoms with van der Waals surface area (Å²) in [6.45, 7) is 1.83. The number of aliphatic hydroxyl groups is 1. The zero-order chi connectivity index (χ0) is 14.5. The molecule has 1 saturated carbocycles. The van der Waals surface area contributed by atoms with Crippen LogP contribution in [0.1, 0.15) is 50.1 Å². The lowest BCUT2D eigenvalue weighted by atomic mass is 9.89. The van der Waals surface area contributed by atoms with Gasteiger partial charge in [-0.15, -0.1) is 0 Å². The lowest BCUT2D eigenvalue weighted by Crippen LogP contribution is -2.37. The van der Waals surface area contributed by atoms with Gasteiger partial charge in [0.25, 0.3) is 0 Å². The summed E-state index contributed by atoms with van der Waals surface area (Å²) in [5, 5.41) is 13.5. The Balaban J connectivity index is 1.63. The monoisotopic (exact) mass is 289 g/mol. The molecule has 1 aromatic carbocycles. The summed E-state index contributed by atoms with van der Waals surface area (Å²) in [6, 6.07) is 11.7. The van der Waals surface area contributed by atoms with E-state index in [1.165, 1.54) is 12.0 Å². The normalized spacial score (nSPS) is 31.2. The second kappa shape index (κ2) is 7.39. The Bertz CT molecular complexity index is 408. The van der Waals surface area contributed by atoms with Crippen LogP contribution in [-0.4, -0.2) is 30.5 Å². The highest BCUT2D eigenvalue weighted by Crippen LogP contribution is 2.29. The summed E-state index contributed by atoms with van der Waals surface area (Å²) in [6.07, 6.45) is 6.31. The van der Waals surface area contributed by atoms with Gasteiger partial charge in [0, 0.05) is 25.3 Å². The Morgan fingerprint density at radius 3 is 2.52 bits per heavy atom. The molecule has 2 aliphatic rings. The van der Waals surface area contributed by atoms with Crippen molar-refractivity contribution < 1.29 is 9.84 Å². The third-order valence-electron chi connectivity index (χ3n) is 4.93. The number of aliphatic hydroxyl groups excluding tert-OH is 1. The van der Waals surface area contributed by atoms with E-state index in [1.807, 2.05) is 0 Å². The third-order valence-corrected chi connectivity index (χ3v) is 4.93. The summed E-state index contributed by atoms with van der Waals surface area (Å²) < 4.78 is 5.54. The molecule has 0 amide bonds. The van der Waals surface area contributed by atoms with Crippen molar-refractivity contribution in [2.24, 2.45) is 5.92 Å². The van der Waals surface area contributed by atoms with Crippen LogP contribution in [0.15, 0.2) is 30.3 Å². The maximum atomic E-state index is 9.66. The van der Waals surface area contributed by atoms with E-state index < -0.39 is 0 Å². The van der Waals surface area contributed by atoms with Crippen molar-refractivity contribution in [3.8, 4) is 0 Å². The maximum Gasteiger partial charge on any atom is 0.0541 e. The molecular weight excluding hydrogens is 262 g/mol. The van der Waals surface area contributed by atoms with Gasteiger partial charge in [-0.2, -0.15) is 0 Å². The number of ether oxygens (including phenoxy) is 1. The number of hydrogen-bond donors (Lipinski definition) is 2. The van der Waals surface area contributed by atoms with Crippen molar-refractivity contribution in [3.63, 3.8) is 0 Å². The minimum atomic E-state index is -0.0820. The fourth-order valence-electron chi connectivity index (χ4n) is 3.62. The minimum absolute atomic E-state index is 0.0820. The average Bonchev–Trinajstić information content (AvgIpc) is 3.03. The third kappa shape index (κ3) is 4.29. The van der Waals surface area contributed by atoms with Gasteiger partial charge in [0.2, 0.25) is 0 Å². The van der Waals surface area contributed by atoms with Crippen molar-refractivity contribution in [2.45, 2.75) is 56.7 Å². The van der Waals surface area contributed by atoms with Crippen LogP contribution in [-0.2, 0) is 4.74 Å². The molecule has 1 aromatic rings. The molecule has 1 aliphatic carbocycles. The first-order valence-electron chi connectivity index (χ1n) is 8.38. The van der Waals surface area contributed by atoms with Crippen LogP contribution in [0.4, 0.5) is 0 Å². The number of benzene rings is 1. The van der Waals surface area contributed by atoms with Crippen LogP contribution in [0.2, 0.25) is 0 Å². The molecule has 3 rings (SSSR count). The molecule has 2 unspecified atom stereocenters. The Labute approximate surface area is 127 Å². The van der Waals surface area contributed by atoms with Crippen LogP contribution >= 0.6 is 0 Å². The highest BCUT2D eigenvalue weighted by Gasteiger charge is 2.26. The van der Waals surface area contributed by atoms with Gasteiger partial charge in [-0.25, -0.2) is 0 Å². The first-order valence-corrected chi connectivity index (χ1v) is 8.38. The smallest absolute Gasteiger partial charge is 0.0541 e. The fraction of sp³-hybridized carbons (Fsp3) is 0.667. The predicted molar refractivity (Wildman–Crippen MR) is 84.1 cm³/mol. The zero-order valence-electron chi connectivity index (χ0n) is 12.7. The van der Waals surface area contributed by atoms with E-state index in [2.05, 4.69) is 35.6 Å². The lowest BCUT2D eigenvalue weighted by molar-refractivity contribution is 0.112. The number of rotatable bonds is 5. The average molecular weight is 289 g/mol. The summed E-state index contributed by atoms with van der Waals surface area (Å²) >= 11 is 0. The van der Waals surface area contributed by atoms with Crippen LogP contribution in [0, 0.1) is 5.92 Å². The standard InChI is InChI=1S/C18H27NO2/c20-17-8-6-16(7-9-17)19-18(12-14-10-11-21-13-14)15-4-2-1-3-5-15/h1-5,14,16-20H,6-13H2. The van der Waals surface area contributed by atoms with E-state index >= 15 is 0 Å². The van der Waals surface area contributed by atoms with Crippen LogP contribution in [0.5, 0.6) is 0 Å². The molecular formula is C18H27NO2. The van der Waals surface area contributed by atoms with Gasteiger partial charge in [0.1, 0.15) is 0 Å². The summed E-state index contributed by atoms with van der Waals surface area (Å²) in [5.74, 6) is 0.678. The fourth-order valence-corrected chi connectivity index (χ4v) is 3.62. The van der Waals surface area contributed by atoms with E-state index in [0.29, 0.717) is 18.0 Å². The van der Waals surface area contributed by atoms with E-state index in [-0.39, 0.29) is 6.10 Å². The van der Waals surface area contributed by atoms with E-state index in [1.54, 1.807) is 0 Å². The van der Waals surface area contributed by atoms with Gasteiger partial charge in [0.05, 0.1) is 6.10 Å². The van der Waals surface area contributed by atoms with Gasteiger partial charge in [-0.1, -0.05) is 30.3 Å². The second-order valence-corrected chi connectivity index (χ2v) is 6.60. The predicted octanol–water partition coefficient (Wildman–Crippen LogP) is 3.05. The molecule has 0 bridgehead atoms. The molecule has 1 aliphatic heterocycles. The van der Waals surface area contributed by atoms with Gasteiger partial charge >= 0.3 is 0 Å². The van der Waals surface area contributed by atoms with E-state index in [9.17, 15) is 5.11 Å². The van der Waals surface area contributed by atoms with Gasteiger partial charge in [0.15, 0.2) is 0 Å². The second-order valence-electron chi connectivity index (χ2n) is 6.60. The Morgan fingerprint density at radius 2 is 1.86 bits per heavy atom. The van der Waals surface area contributed by atoms with Gasteiger partial charge in [-0.3, -0.25) is 0 Å². The highest BCUT2D eigenvalue weighted by molar-refractivity contribution is 5.19. The lowest BCUT2D eigenvalue weighted by Gasteiger charge is -2.31. The first kappa shape index (κ1) is 15.0. The Kier molecular flexibility index (Phi) is 5.28. The number of hydrogen-bond acceptors (Lipinski definition) is 3. The van der Waals surface area contributed by atoms with Crippen molar-refractivity contribution >= 4 is 0 Å². The maximum absolute atomic E-state index is 9.66. The van der Waals surface area contributed by atoms with Gasteiger partial charge in [-0.05, 0) is 50.0 Å². The molecule has 3 nitrogen and oxygen atoms in total. The van der Waals surface area contributed by atoms with E-state index in [4.69, 9.17) is 4.74 Å². The van der Waals surface area contributed by atoms with Crippen molar-refractivity contribution in [3.05, 3.63) is 35.9 Å². The summed E-state index contributed by atoms with van der Waals surface area (Å²) in [7, 11) is 0. The van der Waals surface area contributed by atoms with Crippen LogP contribution in [0.25, 0.3) is 0 Å². The Morgan fingerprint density at radius 1 is 1.10 bits per heavy atom. The molecule has 0 radical (unpaired) electrons. The van der Waals surface area contributed by atoms with Crippen molar-refractivity contribution in [1.29, 1.82) is 0 Å². The highest BCUT2D eigenvalue weighted by atomic mass is 16.5. The molecule has 2 atom stereocenters. The Hall–Kier alpha value is -0.900. The molecule has 0 aromatic heterocycles. The van der Waals surface area contributed by atoms with Crippen LogP contribution in [0.3, 0.4) is 0 Å². The first-order chi connectivity index (χ1) is 10.3. The summed E-state index contributed by atoms with van der Waals surface area (Å²) in [5.41, 5.74) is 1.38. The van der Waals surface area contributed by atoms with Crippen molar-refractivity contribution in [2.75, 3.05) is 13.2 Å². The van der Waals surface area contributed by atoms with Crippen LogP contribution < -0.4 is 5.32 Å². The largest absolute Gasteiger partial charge is 0.393 e. The molecule has 2 N–H and O–H groups in total. The van der Waals surface area contributed by atoms with Gasteiger partial charge < -0.3 is 15.2 Å². The molecule has 3 heteroatoms.